The van der Waals surface area contributed by atoms with E-state index in [0.29, 0.717) is 12.8 Å². The molecule has 5 nitrogen and oxygen atoms in total. The van der Waals surface area contributed by atoms with E-state index < -0.39 is 44.5 Å². The summed E-state index contributed by atoms with van der Waals surface area (Å²) >= 11 is 0. The predicted molar refractivity (Wildman–Crippen MR) is 70.1 cm³/mol. The van der Waals surface area contributed by atoms with Crippen LogP contribution in [0.3, 0.4) is 0 Å². The summed E-state index contributed by atoms with van der Waals surface area (Å²) in [5.41, 5.74) is 0. The first-order chi connectivity index (χ1) is 9.76. The highest BCUT2D eigenvalue weighted by Gasteiger charge is 2.40. The molecule has 0 spiro atoms. The van der Waals surface area contributed by atoms with E-state index >= 15 is 0 Å². The molecule has 0 aromatic heterocycles. The fraction of sp³-hybridized carbons (Fsp3) is 0.462. The van der Waals surface area contributed by atoms with E-state index in [9.17, 15) is 22.0 Å². The molecule has 8 heteroatoms. The molecule has 0 unspecified atom stereocenters. The second kappa shape index (κ2) is 5.69. The van der Waals surface area contributed by atoms with Crippen LogP contribution in [0.5, 0.6) is 0 Å². The Balaban J connectivity index is 2.43. The van der Waals surface area contributed by atoms with Crippen molar-refractivity contribution >= 4 is 16.0 Å². The zero-order valence-electron chi connectivity index (χ0n) is 11.3. The number of carbonyl (C=O) groups is 1. The second-order valence-electron chi connectivity index (χ2n) is 5.00. The number of carboxylic acids is 1. The predicted octanol–water partition coefficient (Wildman–Crippen LogP) is 1.84. The second-order valence-corrected chi connectivity index (χ2v) is 6.85. The molecule has 2 rings (SSSR count). The molecule has 1 aromatic carbocycles. The number of hydrogen-bond acceptors (Lipinski definition) is 3. The average Bonchev–Trinajstić information content (AvgIpc) is 2.41. The van der Waals surface area contributed by atoms with Gasteiger partial charge in [0.05, 0.1) is 5.92 Å². The lowest BCUT2D eigenvalue weighted by molar-refractivity contribution is -0.144. The normalized spacial score (nSPS) is 24.0. The van der Waals surface area contributed by atoms with Gasteiger partial charge in [-0.2, -0.15) is 4.31 Å². The number of aliphatic carboxylic acids is 1. The summed E-state index contributed by atoms with van der Waals surface area (Å²) in [5.74, 6) is -4.65. The largest absolute Gasteiger partial charge is 0.481 e. The molecular formula is C13H15F2NO4S. The zero-order valence-corrected chi connectivity index (χ0v) is 12.1. The number of halogens is 2. The van der Waals surface area contributed by atoms with Crippen LogP contribution >= 0.6 is 0 Å². The summed E-state index contributed by atoms with van der Waals surface area (Å²) in [6.45, 7) is 1.55. The Morgan fingerprint density at radius 2 is 2.05 bits per heavy atom. The highest BCUT2D eigenvalue weighted by molar-refractivity contribution is 7.89. The Bertz CT molecular complexity index is 662. The maximum absolute atomic E-state index is 13.7. The Labute approximate surface area is 121 Å². The number of benzene rings is 1. The molecule has 1 saturated heterocycles. The molecule has 1 aliphatic rings. The Kier molecular flexibility index (Phi) is 4.29. The summed E-state index contributed by atoms with van der Waals surface area (Å²) in [6.07, 6.45) is 0.714. The summed E-state index contributed by atoms with van der Waals surface area (Å²) in [4.78, 5) is 10.4. The lowest BCUT2D eigenvalue weighted by atomic mass is 9.92. The van der Waals surface area contributed by atoms with Gasteiger partial charge in [0, 0.05) is 12.6 Å². The van der Waals surface area contributed by atoms with Crippen LogP contribution in [0.1, 0.15) is 19.8 Å². The lowest BCUT2D eigenvalue weighted by Gasteiger charge is -2.36. The maximum atomic E-state index is 13.7. The first kappa shape index (κ1) is 15.8. The maximum Gasteiger partial charge on any atom is 0.308 e. The van der Waals surface area contributed by atoms with E-state index in [-0.39, 0.29) is 6.54 Å². The van der Waals surface area contributed by atoms with Crippen LogP contribution in [-0.2, 0) is 14.8 Å². The van der Waals surface area contributed by atoms with Gasteiger partial charge in [-0.05, 0) is 31.9 Å². The van der Waals surface area contributed by atoms with Crippen molar-refractivity contribution in [1.82, 2.24) is 4.31 Å². The van der Waals surface area contributed by atoms with E-state index in [1.54, 1.807) is 0 Å². The van der Waals surface area contributed by atoms with Crippen LogP contribution in [0.2, 0.25) is 0 Å². The van der Waals surface area contributed by atoms with Crippen molar-refractivity contribution in [2.75, 3.05) is 6.54 Å². The topological polar surface area (TPSA) is 74.7 Å². The van der Waals surface area contributed by atoms with Gasteiger partial charge in [0.25, 0.3) is 0 Å². The first-order valence-electron chi connectivity index (χ1n) is 6.45. The van der Waals surface area contributed by atoms with Crippen molar-refractivity contribution in [2.24, 2.45) is 5.92 Å². The van der Waals surface area contributed by atoms with E-state index in [1.165, 1.54) is 6.92 Å². The van der Waals surface area contributed by atoms with Crippen LogP contribution in [-0.4, -0.2) is 36.4 Å². The molecule has 0 aliphatic carbocycles. The van der Waals surface area contributed by atoms with Gasteiger partial charge in [-0.3, -0.25) is 4.79 Å². The van der Waals surface area contributed by atoms with Crippen LogP contribution in [0.25, 0.3) is 0 Å². The van der Waals surface area contributed by atoms with Gasteiger partial charge in [0.15, 0.2) is 11.6 Å². The molecule has 2 atom stereocenters. The van der Waals surface area contributed by atoms with Crippen molar-refractivity contribution < 1.29 is 27.1 Å². The Morgan fingerprint density at radius 3 is 2.67 bits per heavy atom. The Morgan fingerprint density at radius 1 is 1.38 bits per heavy atom. The van der Waals surface area contributed by atoms with Crippen LogP contribution in [0.4, 0.5) is 8.78 Å². The monoisotopic (exact) mass is 319 g/mol. The molecule has 1 N–H and O–H groups in total. The number of piperidine rings is 1. The van der Waals surface area contributed by atoms with Crippen molar-refractivity contribution in [3.63, 3.8) is 0 Å². The smallest absolute Gasteiger partial charge is 0.308 e. The quantitative estimate of drug-likeness (QED) is 0.922. The van der Waals surface area contributed by atoms with Gasteiger partial charge < -0.3 is 5.11 Å². The molecule has 0 radical (unpaired) electrons. The van der Waals surface area contributed by atoms with Gasteiger partial charge in [0.2, 0.25) is 10.0 Å². The van der Waals surface area contributed by atoms with Gasteiger partial charge in [-0.15, -0.1) is 0 Å². The van der Waals surface area contributed by atoms with Gasteiger partial charge in [0.1, 0.15) is 4.90 Å². The summed E-state index contributed by atoms with van der Waals surface area (Å²) in [5, 5.41) is 9.11. The standard InChI is InChI=1S/C13H15F2NO4S/c1-8-9(13(17)18)4-3-7-16(8)21(19,20)11-6-2-5-10(14)12(11)15/h2,5-6,8-9H,3-4,7H2,1H3,(H,17,18)/t8-,9-/m1/s1. The van der Waals surface area contributed by atoms with Gasteiger partial charge in [-0.1, -0.05) is 6.07 Å². The molecule has 0 amide bonds. The number of rotatable bonds is 3. The van der Waals surface area contributed by atoms with Crippen molar-refractivity contribution in [3.8, 4) is 0 Å². The molecule has 0 saturated carbocycles. The van der Waals surface area contributed by atoms with Crippen molar-refractivity contribution in [3.05, 3.63) is 29.8 Å². The molecule has 0 bridgehead atoms. The molecule has 21 heavy (non-hydrogen) atoms. The van der Waals surface area contributed by atoms with E-state index in [4.69, 9.17) is 5.11 Å². The third-order valence-electron chi connectivity index (χ3n) is 3.75. The third-order valence-corrected chi connectivity index (χ3v) is 5.75. The number of carboxylic acid groups (broad SMARTS) is 1. The molecule has 1 aliphatic heterocycles. The number of sulfonamides is 1. The minimum Gasteiger partial charge on any atom is -0.481 e. The fourth-order valence-corrected chi connectivity index (χ4v) is 4.37. The lowest BCUT2D eigenvalue weighted by Crippen LogP contribution is -2.49. The highest BCUT2D eigenvalue weighted by atomic mass is 32.2. The summed E-state index contributed by atoms with van der Waals surface area (Å²) in [7, 11) is -4.28. The average molecular weight is 319 g/mol. The minimum atomic E-state index is -4.28. The number of hydrogen-bond donors (Lipinski definition) is 1. The van der Waals surface area contributed by atoms with Crippen LogP contribution < -0.4 is 0 Å². The SMILES string of the molecule is C[C@@H]1[C@H](C(=O)O)CCCN1S(=O)(=O)c1cccc(F)c1F. The zero-order chi connectivity index (χ0) is 15.8. The van der Waals surface area contributed by atoms with Gasteiger partial charge >= 0.3 is 5.97 Å². The molecule has 116 valence electrons. The van der Waals surface area contributed by atoms with E-state index in [1.807, 2.05) is 0 Å². The summed E-state index contributed by atoms with van der Waals surface area (Å²) < 4.78 is 52.8. The van der Waals surface area contributed by atoms with Crippen molar-refractivity contribution in [2.45, 2.75) is 30.7 Å². The summed E-state index contributed by atoms with van der Waals surface area (Å²) in [6, 6.07) is 2.09. The molecular weight excluding hydrogens is 304 g/mol. The van der Waals surface area contributed by atoms with E-state index in [0.717, 1.165) is 22.5 Å². The van der Waals surface area contributed by atoms with Gasteiger partial charge in [-0.25, -0.2) is 17.2 Å². The number of nitrogens with zero attached hydrogens (tertiary/aromatic N) is 1. The Hall–Kier alpha value is -1.54. The highest BCUT2D eigenvalue weighted by Crippen LogP contribution is 2.30. The first-order valence-corrected chi connectivity index (χ1v) is 7.89. The molecule has 1 aromatic rings. The fourth-order valence-electron chi connectivity index (χ4n) is 2.59. The molecule has 1 fully saturated rings. The van der Waals surface area contributed by atoms with Crippen molar-refractivity contribution in [1.29, 1.82) is 0 Å². The van der Waals surface area contributed by atoms with Crippen LogP contribution in [0.15, 0.2) is 23.1 Å². The van der Waals surface area contributed by atoms with Crippen LogP contribution in [0, 0.1) is 17.6 Å². The third kappa shape index (κ3) is 2.77. The molecule has 1 heterocycles. The van der Waals surface area contributed by atoms with E-state index in [2.05, 4.69) is 0 Å². The minimum absolute atomic E-state index is 0.0865.